The molecule has 0 aliphatic carbocycles. The number of allylic oxidation sites excluding steroid dienone is 1. The number of aromatic carboxylic acids is 1. The Morgan fingerprint density at radius 3 is 2.82 bits per heavy atom. The first-order valence-electron chi connectivity index (χ1n) is 4.99. The summed E-state index contributed by atoms with van der Waals surface area (Å²) < 4.78 is 1.45. The molecule has 0 fully saturated rings. The fourth-order valence-electron chi connectivity index (χ4n) is 1.64. The fraction of sp³-hybridized carbons (Fsp3) is 0.0833. The molecule has 2 aromatic rings. The number of rotatable bonds is 3. The highest BCUT2D eigenvalue weighted by atomic mass is 16.4. The van der Waals surface area contributed by atoms with Crippen molar-refractivity contribution in [3.8, 4) is 0 Å². The van der Waals surface area contributed by atoms with Gasteiger partial charge in [-0.15, -0.1) is 6.58 Å². The molecule has 0 unspecified atom stereocenters. The summed E-state index contributed by atoms with van der Waals surface area (Å²) in [5, 5.41) is 13.1. The lowest BCUT2D eigenvalue weighted by molar-refractivity contribution is 0.0686. The predicted molar refractivity (Wildman–Crippen MR) is 63.2 cm³/mol. The van der Waals surface area contributed by atoms with Crippen LogP contribution in [0.4, 0.5) is 0 Å². The van der Waals surface area contributed by atoms with Gasteiger partial charge in [0.1, 0.15) is 0 Å². The van der Waals surface area contributed by atoms with Crippen molar-refractivity contribution in [2.45, 2.75) is 6.54 Å². The van der Waals surface area contributed by atoms with Crippen molar-refractivity contribution in [1.29, 1.82) is 0 Å². The van der Waals surface area contributed by atoms with Crippen LogP contribution in [-0.2, 0) is 6.54 Å². The van der Waals surface area contributed by atoms with E-state index in [1.807, 2.05) is 0 Å². The van der Waals surface area contributed by atoms with E-state index in [0.29, 0.717) is 17.4 Å². The molecule has 0 amide bonds. The SMILES string of the molecule is C=CCn1nc(C(=O)O)c(=O)c2ccccc21. The molecule has 86 valence electrons. The molecule has 0 aliphatic rings. The molecule has 5 nitrogen and oxygen atoms in total. The smallest absolute Gasteiger partial charge is 0.360 e. The largest absolute Gasteiger partial charge is 0.476 e. The van der Waals surface area contributed by atoms with Crippen molar-refractivity contribution < 1.29 is 9.90 Å². The maximum absolute atomic E-state index is 11.8. The van der Waals surface area contributed by atoms with E-state index in [9.17, 15) is 9.59 Å². The molecule has 0 spiro atoms. The third kappa shape index (κ3) is 1.82. The summed E-state index contributed by atoms with van der Waals surface area (Å²) in [6, 6.07) is 6.77. The van der Waals surface area contributed by atoms with E-state index in [4.69, 9.17) is 5.11 Å². The normalized spacial score (nSPS) is 10.4. The number of nitrogens with zero attached hydrogens (tertiary/aromatic N) is 2. The molecule has 2 rings (SSSR count). The van der Waals surface area contributed by atoms with E-state index in [-0.39, 0.29) is 0 Å². The summed E-state index contributed by atoms with van der Waals surface area (Å²) in [5.41, 5.74) is -0.429. The molecule has 0 atom stereocenters. The summed E-state index contributed by atoms with van der Waals surface area (Å²) in [6.45, 7) is 3.92. The summed E-state index contributed by atoms with van der Waals surface area (Å²) >= 11 is 0. The summed E-state index contributed by atoms with van der Waals surface area (Å²) in [4.78, 5) is 22.8. The van der Waals surface area contributed by atoms with E-state index in [0.717, 1.165) is 0 Å². The molecule has 0 aliphatic heterocycles. The minimum absolute atomic E-state index is 0.348. The zero-order valence-electron chi connectivity index (χ0n) is 8.96. The van der Waals surface area contributed by atoms with Gasteiger partial charge >= 0.3 is 5.97 Å². The summed E-state index contributed by atoms with van der Waals surface area (Å²) in [7, 11) is 0. The molecule has 0 bridgehead atoms. The Balaban J connectivity index is 2.89. The molecular weight excluding hydrogens is 220 g/mol. The van der Waals surface area contributed by atoms with Gasteiger partial charge in [-0.05, 0) is 12.1 Å². The van der Waals surface area contributed by atoms with Crippen molar-refractivity contribution in [3.63, 3.8) is 0 Å². The van der Waals surface area contributed by atoms with Crippen LogP contribution >= 0.6 is 0 Å². The van der Waals surface area contributed by atoms with Gasteiger partial charge in [-0.3, -0.25) is 9.48 Å². The van der Waals surface area contributed by atoms with Gasteiger partial charge in [0.15, 0.2) is 0 Å². The lowest BCUT2D eigenvalue weighted by atomic mass is 10.2. The second-order valence-electron chi connectivity index (χ2n) is 3.47. The molecule has 0 saturated heterocycles. The van der Waals surface area contributed by atoms with Gasteiger partial charge in [0.2, 0.25) is 11.1 Å². The van der Waals surface area contributed by atoms with Crippen LogP contribution in [0.5, 0.6) is 0 Å². The second-order valence-corrected chi connectivity index (χ2v) is 3.47. The topological polar surface area (TPSA) is 72.2 Å². The average molecular weight is 230 g/mol. The highest BCUT2D eigenvalue weighted by Gasteiger charge is 2.15. The average Bonchev–Trinajstić information content (AvgIpc) is 2.33. The van der Waals surface area contributed by atoms with E-state index in [1.165, 1.54) is 4.68 Å². The number of aromatic nitrogens is 2. The Bertz CT molecular complexity index is 658. The van der Waals surface area contributed by atoms with Gasteiger partial charge < -0.3 is 5.11 Å². The molecule has 17 heavy (non-hydrogen) atoms. The van der Waals surface area contributed by atoms with Gasteiger partial charge in [0.05, 0.1) is 12.1 Å². The predicted octanol–water partition coefficient (Wildman–Crippen LogP) is 1.28. The van der Waals surface area contributed by atoms with Crippen LogP contribution in [0.15, 0.2) is 41.7 Å². The summed E-state index contributed by atoms with van der Waals surface area (Å²) in [6.07, 6.45) is 1.59. The first-order chi connectivity index (χ1) is 8.15. The van der Waals surface area contributed by atoms with Crippen molar-refractivity contribution in [2.75, 3.05) is 0 Å². The lowest BCUT2D eigenvalue weighted by Crippen LogP contribution is -2.22. The van der Waals surface area contributed by atoms with Crippen LogP contribution in [0.2, 0.25) is 0 Å². The number of carboxylic acid groups (broad SMARTS) is 1. The van der Waals surface area contributed by atoms with E-state index in [1.54, 1.807) is 30.3 Å². The van der Waals surface area contributed by atoms with Crippen molar-refractivity contribution >= 4 is 16.9 Å². The Morgan fingerprint density at radius 2 is 2.18 bits per heavy atom. The van der Waals surface area contributed by atoms with Crippen LogP contribution in [-0.4, -0.2) is 20.9 Å². The van der Waals surface area contributed by atoms with Crippen LogP contribution in [0.3, 0.4) is 0 Å². The van der Waals surface area contributed by atoms with Gasteiger partial charge in [-0.25, -0.2) is 4.79 Å². The first-order valence-corrected chi connectivity index (χ1v) is 4.99. The second kappa shape index (κ2) is 4.21. The van der Waals surface area contributed by atoms with Crippen LogP contribution < -0.4 is 5.43 Å². The highest BCUT2D eigenvalue weighted by Crippen LogP contribution is 2.09. The summed E-state index contributed by atoms with van der Waals surface area (Å²) in [5.74, 6) is -1.32. The molecule has 1 N–H and O–H groups in total. The van der Waals surface area contributed by atoms with E-state index in [2.05, 4.69) is 11.7 Å². The Kier molecular flexibility index (Phi) is 2.74. The third-order valence-corrected chi connectivity index (χ3v) is 2.37. The minimum atomic E-state index is -1.32. The van der Waals surface area contributed by atoms with Crippen LogP contribution in [0, 0.1) is 0 Å². The fourth-order valence-corrected chi connectivity index (χ4v) is 1.64. The number of hydrogen-bond acceptors (Lipinski definition) is 3. The quantitative estimate of drug-likeness (QED) is 0.806. The molecule has 0 radical (unpaired) electrons. The number of para-hydroxylation sites is 1. The lowest BCUT2D eigenvalue weighted by Gasteiger charge is -2.08. The molecule has 1 heterocycles. The zero-order chi connectivity index (χ0) is 12.4. The van der Waals surface area contributed by atoms with E-state index >= 15 is 0 Å². The molecule has 5 heteroatoms. The van der Waals surface area contributed by atoms with Crippen LogP contribution in [0.25, 0.3) is 10.9 Å². The van der Waals surface area contributed by atoms with Gasteiger partial charge in [0, 0.05) is 5.39 Å². The first kappa shape index (κ1) is 11.1. The zero-order valence-corrected chi connectivity index (χ0v) is 8.96. The maximum Gasteiger partial charge on any atom is 0.360 e. The number of hydrogen-bond donors (Lipinski definition) is 1. The number of carboxylic acids is 1. The Hall–Kier alpha value is -2.43. The van der Waals surface area contributed by atoms with Crippen molar-refractivity contribution in [3.05, 3.63) is 52.8 Å². The Labute approximate surface area is 96.6 Å². The van der Waals surface area contributed by atoms with Crippen molar-refractivity contribution in [1.82, 2.24) is 9.78 Å². The monoisotopic (exact) mass is 230 g/mol. The van der Waals surface area contributed by atoms with E-state index < -0.39 is 17.1 Å². The number of carbonyl (C=O) groups is 1. The number of benzene rings is 1. The van der Waals surface area contributed by atoms with Crippen molar-refractivity contribution in [2.24, 2.45) is 0 Å². The highest BCUT2D eigenvalue weighted by molar-refractivity contribution is 5.90. The standard InChI is InChI=1S/C12H10N2O3/c1-2-7-14-9-6-4-3-5-8(9)11(15)10(13-14)12(16)17/h2-6H,1,7H2,(H,16,17). The number of fused-ring (bicyclic) bond motifs is 1. The molecule has 1 aromatic carbocycles. The molecular formula is C12H10N2O3. The minimum Gasteiger partial charge on any atom is -0.476 e. The van der Waals surface area contributed by atoms with Gasteiger partial charge in [0.25, 0.3) is 0 Å². The molecule has 0 saturated carbocycles. The maximum atomic E-state index is 11.8. The molecule has 1 aromatic heterocycles. The van der Waals surface area contributed by atoms with Gasteiger partial charge in [-0.1, -0.05) is 18.2 Å². The van der Waals surface area contributed by atoms with Crippen LogP contribution in [0.1, 0.15) is 10.5 Å². The third-order valence-electron chi connectivity index (χ3n) is 2.37. The Morgan fingerprint density at radius 1 is 1.47 bits per heavy atom. The van der Waals surface area contributed by atoms with Gasteiger partial charge in [-0.2, -0.15) is 5.10 Å².